The molecule has 10 nitrogen and oxygen atoms in total. The van der Waals surface area contributed by atoms with Crippen LogP contribution < -0.4 is 9.64 Å². The molecule has 3 rings (SSSR count). The Morgan fingerprint density at radius 3 is 2.23 bits per heavy atom. The summed E-state index contributed by atoms with van der Waals surface area (Å²) in [5.74, 6) is 0.296. The first-order chi connectivity index (χ1) is 14.5. The number of hydrogen-bond acceptors (Lipinski definition) is 8. The highest BCUT2D eigenvalue weighted by Crippen LogP contribution is 2.35. The van der Waals surface area contributed by atoms with Crippen LogP contribution in [0.4, 0.5) is 16.2 Å². The number of nitro benzene ring substituents is 1. The van der Waals surface area contributed by atoms with Crippen molar-refractivity contribution in [2.45, 2.75) is 40.2 Å². The first-order valence-electron chi connectivity index (χ1n) is 10.0. The van der Waals surface area contributed by atoms with Crippen LogP contribution in [0, 0.1) is 24.0 Å². The van der Waals surface area contributed by atoms with Crippen LogP contribution in [0.25, 0.3) is 0 Å². The van der Waals surface area contributed by atoms with Crippen molar-refractivity contribution in [3.05, 3.63) is 45.8 Å². The fraction of sp³-hybridized carbons (Fsp3) is 0.476. The standard InChI is InChI=1S/C21H27N5O5/c1-14-12-15(2)23-19(22-14)30-18-13-16(26(28)29)6-7-17(18)24-8-10-25(11-9-24)20(27)31-21(3,4)5/h6-7,12-13H,8-11H2,1-5H3. The monoisotopic (exact) mass is 429 g/mol. The minimum atomic E-state index is -0.556. The Bertz CT molecular complexity index is 960. The van der Waals surface area contributed by atoms with Gasteiger partial charge in [-0.1, -0.05) is 0 Å². The minimum Gasteiger partial charge on any atom is -0.444 e. The number of aryl methyl sites for hydroxylation is 2. The minimum absolute atomic E-state index is 0.0875. The number of anilines is 1. The number of non-ortho nitro benzene ring substituents is 1. The lowest BCUT2D eigenvalue weighted by molar-refractivity contribution is -0.384. The van der Waals surface area contributed by atoms with Crippen molar-refractivity contribution < 1.29 is 19.2 Å². The average molecular weight is 429 g/mol. The maximum absolute atomic E-state index is 12.3. The Kier molecular flexibility index (Phi) is 6.28. The molecule has 0 bridgehead atoms. The molecule has 0 unspecified atom stereocenters. The highest BCUT2D eigenvalue weighted by Gasteiger charge is 2.28. The van der Waals surface area contributed by atoms with E-state index in [1.807, 2.05) is 45.6 Å². The van der Waals surface area contributed by atoms with Crippen LogP contribution in [-0.2, 0) is 4.74 Å². The first-order valence-corrected chi connectivity index (χ1v) is 10.0. The van der Waals surface area contributed by atoms with Gasteiger partial charge in [0.05, 0.1) is 16.7 Å². The average Bonchev–Trinajstić information content (AvgIpc) is 2.66. The van der Waals surface area contributed by atoms with E-state index in [4.69, 9.17) is 9.47 Å². The Morgan fingerprint density at radius 1 is 1.06 bits per heavy atom. The van der Waals surface area contributed by atoms with E-state index in [0.717, 1.165) is 11.4 Å². The molecule has 1 aliphatic rings. The van der Waals surface area contributed by atoms with Crippen molar-refractivity contribution in [2.75, 3.05) is 31.1 Å². The maximum Gasteiger partial charge on any atom is 0.410 e. The molecule has 10 heteroatoms. The van der Waals surface area contributed by atoms with Gasteiger partial charge in [-0.3, -0.25) is 10.1 Å². The van der Waals surface area contributed by atoms with E-state index < -0.39 is 10.5 Å². The third-order valence-corrected chi connectivity index (χ3v) is 4.59. The van der Waals surface area contributed by atoms with Crippen LogP contribution in [-0.4, -0.2) is 57.7 Å². The van der Waals surface area contributed by atoms with E-state index in [-0.39, 0.29) is 17.8 Å². The predicted octanol–water partition coefficient (Wildman–Crippen LogP) is 3.85. The molecule has 1 fully saturated rings. The molecule has 1 aliphatic heterocycles. The Balaban J connectivity index is 1.81. The molecule has 0 spiro atoms. The Labute approximate surface area is 180 Å². The topological polar surface area (TPSA) is 111 Å². The number of benzene rings is 1. The van der Waals surface area contributed by atoms with Crippen molar-refractivity contribution >= 4 is 17.5 Å². The molecule has 0 radical (unpaired) electrons. The van der Waals surface area contributed by atoms with Crippen LogP contribution in [0.15, 0.2) is 24.3 Å². The first kappa shape index (κ1) is 22.3. The quantitative estimate of drug-likeness (QED) is 0.532. The highest BCUT2D eigenvalue weighted by atomic mass is 16.6. The zero-order valence-electron chi connectivity index (χ0n) is 18.4. The number of nitro groups is 1. The molecule has 1 amide bonds. The van der Waals surface area contributed by atoms with Gasteiger partial charge in [-0.2, -0.15) is 0 Å². The lowest BCUT2D eigenvalue weighted by Crippen LogP contribution is -2.50. The Morgan fingerprint density at radius 2 is 1.68 bits per heavy atom. The second-order valence-corrected chi connectivity index (χ2v) is 8.40. The van der Waals surface area contributed by atoms with Gasteiger partial charge in [0.2, 0.25) is 0 Å². The highest BCUT2D eigenvalue weighted by molar-refractivity contribution is 5.69. The molecular weight excluding hydrogens is 402 g/mol. The summed E-state index contributed by atoms with van der Waals surface area (Å²) in [5, 5.41) is 11.3. The van der Waals surface area contributed by atoms with E-state index >= 15 is 0 Å². The summed E-state index contributed by atoms with van der Waals surface area (Å²) in [4.78, 5) is 35.3. The van der Waals surface area contributed by atoms with Gasteiger partial charge in [-0.25, -0.2) is 14.8 Å². The van der Waals surface area contributed by atoms with Crippen molar-refractivity contribution in [2.24, 2.45) is 0 Å². The van der Waals surface area contributed by atoms with Crippen molar-refractivity contribution in [3.63, 3.8) is 0 Å². The van der Waals surface area contributed by atoms with E-state index in [9.17, 15) is 14.9 Å². The van der Waals surface area contributed by atoms with Gasteiger partial charge < -0.3 is 19.3 Å². The number of amides is 1. The molecule has 31 heavy (non-hydrogen) atoms. The SMILES string of the molecule is Cc1cc(C)nc(Oc2cc([N+](=O)[O-])ccc2N2CCN(C(=O)OC(C)(C)C)CC2)n1. The summed E-state index contributed by atoms with van der Waals surface area (Å²) in [6.45, 7) is 11.1. The van der Waals surface area contributed by atoms with Gasteiger partial charge in [0.15, 0.2) is 5.75 Å². The molecule has 0 saturated carbocycles. The second-order valence-electron chi connectivity index (χ2n) is 8.40. The number of nitrogens with zero attached hydrogens (tertiary/aromatic N) is 5. The molecule has 1 aromatic carbocycles. The van der Waals surface area contributed by atoms with Gasteiger partial charge in [0, 0.05) is 43.6 Å². The molecule has 0 N–H and O–H groups in total. The fourth-order valence-electron chi connectivity index (χ4n) is 3.25. The van der Waals surface area contributed by atoms with Gasteiger partial charge in [0.25, 0.3) is 5.69 Å². The number of piperazine rings is 1. The molecular formula is C21H27N5O5. The number of carbonyl (C=O) groups is 1. The molecule has 2 heterocycles. The van der Waals surface area contributed by atoms with Crippen LogP contribution in [0.5, 0.6) is 11.8 Å². The third-order valence-electron chi connectivity index (χ3n) is 4.59. The van der Waals surface area contributed by atoms with Crippen molar-refractivity contribution in [1.82, 2.24) is 14.9 Å². The van der Waals surface area contributed by atoms with Gasteiger partial charge in [-0.05, 0) is 46.8 Å². The van der Waals surface area contributed by atoms with E-state index in [2.05, 4.69) is 9.97 Å². The largest absolute Gasteiger partial charge is 0.444 e. The van der Waals surface area contributed by atoms with Crippen LogP contribution >= 0.6 is 0 Å². The lowest BCUT2D eigenvalue weighted by Gasteiger charge is -2.37. The fourth-order valence-corrected chi connectivity index (χ4v) is 3.25. The molecule has 0 aliphatic carbocycles. The summed E-state index contributed by atoms with van der Waals surface area (Å²) >= 11 is 0. The van der Waals surface area contributed by atoms with Crippen LogP contribution in [0.1, 0.15) is 32.2 Å². The zero-order chi connectivity index (χ0) is 22.8. The van der Waals surface area contributed by atoms with Crippen LogP contribution in [0.2, 0.25) is 0 Å². The number of carbonyl (C=O) groups excluding carboxylic acids is 1. The van der Waals surface area contributed by atoms with Gasteiger partial charge in [0.1, 0.15) is 5.60 Å². The number of hydrogen-bond donors (Lipinski definition) is 0. The third kappa shape index (κ3) is 5.80. The molecule has 166 valence electrons. The normalized spacial score (nSPS) is 14.4. The van der Waals surface area contributed by atoms with Gasteiger partial charge >= 0.3 is 12.1 Å². The predicted molar refractivity (Wildman–Crippen MR) is 115 cm³/mol. The molecule has 1 saturated heterocycles. The zero-order valence-corrected chi connectivity index (χ0v) is 18.4. The summed E-state index contributed by atoms with van der Waals surface area (Å²) in [6, 6.07) is 6.41. The summed E-state index contributed by atoms with van der Waals surface area (Å²) in [6.07, 6.45) is -0.351. The summed E-state index contributed by atoms with van der Waals surface area (Å²) in [7, 11) is 0. The Hall–Kier alpha value is -3.43. The molecule has 1 aromatic heterocycles. The van der Waals surface area contributed by atoms with Crippen LogP contribution in [0.3, 0.4) is 0 Å². The molecule has 2 aromatic rings. The maximum atomic E-state index is 12.3. The smallest absolute Gasteiger partial charge is 0.410 e. The van der Waals surface area contributed by atoms with E-state index in [1.54, 1.807) is 11.0 Å². The summed E-state index contributed by atoms with van der Waals surface area (Å²) < 4.78 is 11.3. The van der Waals surface area contributed by atoms with Crippen molar-refractivity contribution in [3.8, 4) is 11.8 Å². The van der Waals surface area contributed by atoms with Crippen molar-refractivity contribution in [1.29, 1.82) is 0 Å². The molecule has 0 atom stereocenters. The van der Waals surface area contributed by atoms with E-state index in [1.165, 1.54) is 12.1 Å². The second kappa shape index (κ2) is 8.75. The summed E-state index contributed by atoms with van der Waals surface area (Å²) in [5.41, 5.74) is 1.51. The number of aromatic nitrogens is 2. The van der Waals surface area contributed by atoms with E-state index in [0.29, 0.717) is 37.6 Å². The number of rotatable bonds is 4. The van der Waals surface area contributed by atoms with Gasteiger partial charge in [-0.15, -0.1) is 0 Å². The lowest BCUT2D eigenvalue weighted by atomic mass is 10.2. The number of ether oxygens (including phenoxy) is 2.